The van der Waals surface area contributed by atoms with Crippen LogP contribution in [0.3, 0.4) is 0 Å². The van der Waals surface area contributed by atoms with Crippen LogP contribution in [-0.2, 0) is 6.54 Å². The van der Waals surface area contributed by atoms with E-state index in [-0.39, 0.29) is 11.2 Å². The second kappa shape index (κ2) is 10.1. The van der Waals surface area contributed by atoms with Gasteiger partial charge in [-0.05, 0) is 41.7 Å². The average molecular weight is 440 g/mol. The first-order chi connectivity index (χ1) is 15.2. The third-order valence-corrected chi connectivity index (χ3v) is 5.34. The lowest BCUT2D eigenvalue weighted by molar-refractivity contribution is 0.209. The SMILES string of the molecule is COc1ccc(-c2coc3c(CN(CC(C)C)CC(C)C)c(O)ccc3c2=O)cc1OC. The molecule has 0 unspecified atom stereocenters. The van der Waals surface area contributed by atoms with Crippen LogP contribution in [0.15, 0.2) is 45.8 Å². The first-order valence-electron chi connectivity index (χ1n) is 11.0. The summed E-state index contributed by atoms with van der Waals surface area (Å²) in [7, 11) is 3.12. The van der Waals surface area contributed by atoms with E-state index in [0.717, 1.165) is 13.1 Å². The van der Waals surface area contributed by atoms with Gasteiger partial charge in [-0.1, -0.05) is 33.8 Å². The standard InChI is InChI=1S/C26H33NO5/c1-16(2)12-27(13-17(3)4)14-20-22(28)9-8-19-25(29)21(15-32-26(19)20)18-7-10-23(30-5)24(11-18)31-6/h7-11,15-17,28H,12-14H2,1-6H3. The van der Waals surface area contributed by atoms with Crippen LogP contribution in [0.2, 0.25) is 0 Å². The number of hydrogen-bond acceptors (Lipinski definition) is 6. The summed E-state index contributed by atoms with van der Waals surface area (Å²) in [6.45, 7) is 11.0. The van der Waals surface area contributed by atoms with Crippen molar-refractivity contribution in [1.82, 2.24) is 4.90 Å². The molecule has 0 bridgehead atoms. The zero-order chi connectivity index (χ0) is 23.4. The Morgan fingerprint density at radius 3 is 2.22 bits per heavy atom. The lowest BCUT2D eigenvalue weighted by atomic mass is 10.0. The number of phenolic OH excluding ortho intramolecular Hbond substituents is 1. The van der Waals surface area contributed by atoms with E-state index in [0.29, 0.717) is 57.5 Å². The summed E-state index contributed by atoms with van der Waals surface area (Å²) in [4.78, 5) is 15.7. The highest BCUT2D eigenvalue weighted by Crippen LogP contribution is 2.33. The van der Waals surface area contributed by atoms with E-state index in [1.54, 1.807) is 44.6 Å². The van der Waals surface area contributed by atoms with Crippen molar-refractivity contribution < 1.29 is 19.0 Å². The fraction of sp³-hybridized carbons (Fsp3) is 0.423. The van der Waals surface area contributed by atoms with Crippen molar-refractivity contribution in [3.8, 4) is 28.4 Å². The van der Waals surface area contributed by atoms with E-state index in [9.17, 15) is 9.90 Å². The van der Waals surface area contributed by atoms with E-state index in [2.05, 4.69) is 32.6 Å². The Kier molecular flexibility index (Phi) is 7.46. The number of phenols is 1. The second-order valence-corrected chi connectivity index (χ2v) is 8.97. The van der Waals surface area contributed by atoms with Crippen LogP contribution in [0.1, 0.15) is 33.3 Å². The van der Waals surface area contributed by atoms with Gasteiger partial charge in [0.15, 0.2) is 11.5 Å². The Bertz CT molecular complexity index is 1120. The molecule has 0 spiro atoms. The van der Waals surface area contributed by atoms with Crippen LogP contribution >= 0.6 is 0 Å². The normalized spacial score (nSPS) is 11.7. The van der Waals surface area contributed by atoms with Gasteiger partial charge in [-0.2, -0.15) is 0 Å². The number of fused-ring (bicyclic) bond motifs is 1. The van der Waals surface area contributed by atoms with E-state index in [4.69, 9.17) is 13.9 Å². The van der Waals surface area contributed by atoms with Gasteiger partial charge in [0, 0.05) is 19.6 Å². The number of benzene rings is 2. The first-order valence-corrected chi connectivity index (χ1v) is 11.0. The molecule has 172 valence electrons. The van der Waals surface area contributed by atoms with Crippen LogP contribution in [0.4, 0.5) is 0 Å². The zero-order valence-electron chi connectivity index (χ0n) is 19.8. The average Bonchev–Trinajstić information content (AvgIpc) is 2.74. The topological polar surface area (TPSA) is 72.1 Å². The van der Waals surface area contributed by atoms with Gasteiger partial charge in [-0.25, -0.2) is 0 Å². The van der Waals surface area contributed by atoms with Gasteiger partial charge in [-0.15, -0.1) is 0 Å². The monoisotopic (exact) mass is 439 g/mol. The molecule has 0 aliphatic rings. The molecule has 1 heterocycles. The van der Waals surface area contributed by atoms with Crippen LogP contribution < -0.4 is 14.9 Å². The van der Waals surface area contributed by atoms with Gasteiger partial charge in [0.1, 0.15) is 17.6 Å². The van der Waals surface area contributed by atoms with Gasteiger partial charge < -0.3 is 19.0 Å². The molecule has 6 heteroatoms. The van der Waals surface area contributed by atoms with Crippen LogP contribution in [-0.4, -0.2) is 37.3 Å². The van der Waals surface area contributed by atoms with Gasteiger partial charge in [-0.3, -0.25) is 9.69 Å². The fourth-order valence-corrected chi connectivity index (χ4v) is 4.06. The highest BCUT2D eigenvalue weighted by atomic mass is 16.5. The zero-order valence-corrected chi connectivity index (χ0v) is 19.8. The molecule has 3 aromatic rings. The van der Waals surface area contributed by atoms with Crippen molar-refractivity contribution in [2.75, 3.05) is 27.3 Å². The molecule has 32 heavy (non-hydrogen) atoms. The predicted molar refractivity (Wildman–Crippen MR) is 128 cm³/mol. The van der Waals surface area contributed by atoms with E-state index in [1.807, 2.05) is 0 Å². The quantitative estimate of drug-likeness (QED) is 0.488. The molecule has 0 atom stereocenters. The molecule has 0 saturated carbocycles. The Labute approximate surface area is 189 Å². The molecule has 0 saturated heterocycles. The molecule has 0 aliphatic heterocycles. The number of rotatable bonds is 9. The number of ether oxygens (including phenoxy) is 2. The summed E-state index contributed by atoms with van der Waals surface area (Å²) in [5.41, 5.74) is 2.01. The molecule has 3 rings (SSSR count). The van der Waals surface area contributed by atoms with Crippen molar-refractivity contribution in [3.63, 3.8) is 0 Å². The summed E-state index contributed by atoms with van der Waals surface area (Å²) >= 11 is 0. The highest BCUT2D eigenvalue weighted by molar-refractivity contribution is 5.85. The molecule has 2 aromatic carbocycles. The molecular formula is C26H33NO5. The Hall–Kier alpha value is -2.99. The van der Waals surface area contributed by atoms with E-state index in [1.165, 1.54) is 6.26 Å². The molecule has 0 aliphatic carbocycles. The first kappa shape index (κ1) is 23.7. The van der Waals surface area contributed by atoms with Crippen LogP contribution in [0.25, 0.3) is 22.1 Å². The summed E-state index contributed by atoms with van der Waals surface area (Å²) in [5.74, 6) is 2.22. The lowest BCUT2D eigenvalue weighted by Gasteiger charge is -2.26. The minimum absolute atomic E-state index is 0.136. The number of methoxy groups -OCH3 is 2. The number of nitrogens with zero attached hydrogens (tertiary/aromatic N) is 1. The second-order valence-electron chi connectivity index (χ2n) is 8.97. The van der Waals surface area contributed by atoms with Crippen molar-refractivity contribution in [2.45, 2.75) is 34.2 Å². The molecule has 6 nitrogen and oxygen atoms in total. The van der Waals surface area contributed by atoms with Crippen molar-refractivity contribution >= 4 is 11.0 Å². The smallest absolute Gasteiger partial charge is 0.200 e. The molecule has 0 amide bonds. The van der Waals surface area contributed by atoms with Crippen molar-refractivity contribution in [1.29, 1.82) is 0 Å². The minimum Gasteiger partial charge on any atom is -0.507 e. The lowest BCUT2D eigenvalue weighted by Crippen LogP contribution is -2.31. The Balaban J connectivity index is 2.08. The number of hydrogen-bond donors (Lipinski definition) is 1. The molecular weight excluding hydrogens is 406 g/mol. The van der Waals surface area contributed by atoms with Gasteiger partial charge >= 0.3 is 0 Å². The van der Waals surface area contributed by atoms with Crippen molar-refractivity contribution in [3.05, 3.63) is 52.4 Å². The van der Waals surface area contributed by atoms with E-state index < -0.39 is 0 Å². The van der Waals surface area contributed by atoms with Crippen LogP contribution in [0, 0.1) is 11.8 Å². The maximum Gasteiger partial charge on any atom is 0.200 e. The van der Waals surface area contributed by atoms with E-state index >= 15 is 0 Å². The van der Waals surface area contributed by atoms with Gasteiger partial charge in [0.25, 0.3) is 0 Å². The Morgan fingerprint density at radius 2 is 1.62 bits per heavy atom. The third kappa shape index (κ3) is 5.07. The summed E-state index contributed by atoms with van der Waals surface area (Å²) in [5, 5.41) is 11.1. The predicted octanol–water partition coefficient (Wildman–Crippen LogP) is 5.30. The number of aromatic hydroxyl groups is 1. The molecule has 0 radical (unpaired) electrons. The molecule has 1 aromatic heterocycles. The highest BCUT2D eigenvalue weighted by Gasteiger charge is 2.19. The molecule has 1 N–H and O–H groups in total. The maximum absolute atomic E-state index is 13.4. The fourth-order valence-electron chi connectivity index (χ4n) is 4.06. The summed E-state index contributed by atoms with van der Waals surface area (Å²) < 4.78 is 16.6. The summed E-state index contributed by atoms with van der Waals surface area (Å²) in [6.07, 6.45) is 1.46. The Morgan fingerprint density at radius 1 is 0.969 bits per heavy atom. The molecule has 0 fully saturated rings. The van der Waals surface area contributed by atoms with Crippen molar-refractivity contribution in [2.24, 2.45) is 11.8 Å². The third-order valence-electron chi connectivity index (χ3n) is 5.34. The van der Waals surface area contributed by atoms with Gasteiger partial charge in [0.05, 0.1) is 30.7 Å². The maximum atomic E-state index is 13.4. The van der Waals surface area contributed by atoms with Gasteiger partial charge in [0.2, 0.25) is 5.43 Å². The van der Waals surface area contributed by atoms with Crippen LogP contribution in [0.5, 0.6) is 17.2 Å². The summed E-state index contributed by atoms with van der Waals surface area (Å²) in [6, 6.07) is 8.52. The minimum atomic E-state index is -0.154. The largest absolute Gasteiger partial charge is 0.507 e.